The highest BCUT2D eigenvalue weighted by atomic mass is 32.2. The Morgan fingerprint density at radius 1 is 1.35 bits per heavy atom. The standard InChI is InChI=1S/C13H19N3O3S/c1-14-11-3-2-7-15-13(11)20(17,18)16-10-6-8-19-12(10)9-4-5-9/h2-3,7,9-10,12,14,16H,4-6,8H2,1H3. The molecule has 1 saturated heterocycles. The van der Waals surface area contributed by atoms with Crippen LogP contribution in [-0.2, 0) is 14.8 Å². The average molecular weight is 297 g/mol. The lowest BCUT2D eigenvalue weighted by Crippen LogP contribution is -2.41. The fourth-order valence-electron chi connectivity index (χ4n) is 2.68. The summed E-state index contributed by atoms with van der Waals surface area (Å²) in [4.78, 5) is 4.00. The van der Waals surface area contributed by atoms with Gasteiger partial charge in [-0.05, 0) is 37.3 Å². The van der Waals surface area contributed by atoms with Crippen LogP contribution in [0.3, 0.4) is 0 Å². The Labute approximate surface area is 119 Å². The predicted octanol–water partition coefficient (Wildman–Crippen LogP) is 0.969. The highest BCUT2D eigenvalue weighted by Crippen LogP contribution is 2.39. The molecule has 2 heterocycles. The average Bonchev–Trinajstić information content (AvgIpc) is 3.19. The number of aromatic nitrogens is 1. The van der Waals surface area contributed by atoms with Gasteiger partial charge >= 0.3 is 0 Å². The number of hydrogen-bond donors (Lipinski definition) is 2. The normalized spacial score (nSPS) is 26.6. The quantitative estimate of drug-likeness (QED) is 0.846. The Morgan fingerprint density at radius 3 is 2.85 bits per heavy atom. The summed E-state index contributed by atoms with van der Waals surface area (Å²) in [5.41, 5.74) is 0.502. The molecule has 0 bridgehead atoms. The van der Waals surface area contributed by atoms with Gasteiger partial charge in [-0.1, -0.05) is 0 Å². The van der Waals surface area contributed by atoms with Crippen molar-refractivity contribution < 1.29 is 13.2 Å². The molecule has 1 aliphatic heterocycles. The van der Waals surface area contributed by atoms with Crippen LogP contribution in [0.25, 0.3) is 0 Å². The molecule has 1 saturated carbocycles. The first-order chi connectivity index (χ1) is 9.62. The smallest absolute Gasteiger partial charge is 0.260 e. The summed E-state index contributed by atoms with van der Waals surface area (Å²) in [7, 11) is -1.95. The van der Waals surface area contributed by atoms with Gasteiger partial charge in [0.2, 0.25) is 0 Å². The molecule has 0 radical (unpaired) electrons. The first-order valence-corrected chi connectivity index (χ1v) is 8.37. The van der Waals surface area contributed by atoms with Crippen LogP contribution in [0.5, 0.6) is 0 Å². The Morgan fingerprint density at radius 2 is 2.15 bits per heavy atom. The number of anilines is 1. The van der Waals surface area contributed by atoms with Gasteiger partial charge in [-0.15, -0.1) is 0 Å². The molecule has 1 aromatic heterocycles. The largest absolute Gasteiger partial charge is 0.386 e. The van der Waals surface area contributed by atoms with Gasteiger partial charge in [0, 0.05) is 19.9 Å². The lowest BCUT2D eigenvalue weighted by atomic mass is 10.1. The molecule has 2 aliphatic rings. The number of sulfonamides is 1. The van der Waals surface area contributed by atoms with Crippen LogP contribution in [0.4, 0.5) is 5.69 Å². The molecular formula is C13H19N3O3S. The minimum atomic E-state index is -3.63. The molecule has 2 atom stereocenters. The van der Waals surface area contributed by atoms with Crippen LogP contribution in [0.2, 0.25) is 0 Å². The molecule has 0 aromatic carbocycles. The molecule has 3 rings (SSSR count). The van der Waals surface area contributed by atoms with Gasteiger partial charge in [-0.25, -0.2) is 18.1 Å². The first kappa shape index (κ1) is 13.8. The Kier molecular flexibility index (Phi) is 3.66. The minimum Gasteiger partial charge on any atom is -0.386 e. The zero-order valence-electron chi connectivity index (χ0n) is 11.4. The molecule has 1 aromatic rings. The maximum absolute atomic E-state index is 12.5. The second-order valence-corrected chi connectivity index (χ2v) is 6.92. The van der Waals surface area contributed by atoms with Crippen molar-refractivity contribution in [1.29, 1.82) is 0 Å². The van der Waals surface area contributed by atoms with Crippen molar-refractivity contribution in [2.75, 3.05) is 19.0 Å². The molecule has 7 heteroatoms. The fourth-order valence-corrected chi connectivity index (χ4v) is 4.10. The van der Waals surface area contributed by atoms with E-state index in [0.29, 0.717) is 18.2 Å². The number of rotatable bonds is 5. The van der Waals surface area contributed by atoms with Crippen molar-refractivity contribution in [2.45, 2.75) is 36.4 Å². The molecule has 2 fully saturated rings. The summed E-state index contributed by atoms with van der Waals surface area (Å²) in [5, 5.41) is 2.91. The summed E-state index contributed by atoms with van der Waals surface area (Å²) in [6.07, 6.45) is 4.50. The lowest BCUT2D eigenvalue weighted by Gasteiger charge is -2.19. The third-order valence-corrected chi connectivity index (χ3v) is 5.27. The first-order valence-electron chi connectivity index (χ1n) is 6.88. The third kappa shape index (κ3) is 2.65. The van der Waals surface area contributed by atoms with E-state index in [1.54, 1.807) is 19.2 Å². The van der Waals surface area contributed by atoms with Crippen LogP contribution < -0.4 is 10.0 Å². The van der Waals surface area contributed by atoms with Crippen molar-refractivity contribution in [3.05, 3.63) is 18.3 Å². The molecule has 20 heavy (non-hydrogen) atoms. The second-order valence-electron chi connectivity index (χ2n) is 5.30. The van der Waals surface area contributed by atoms with Crippen LogP contribution >= 0.6 is 0 Å². The van der Waals surface area contributed by atoms with E-state index in [2.05, 4.69) is 15.0 Å². The molecule has 6 nitrogen and oxygen atoms in total. The van der Waals surface area contributed by atoms with Gasteiger partial charge in [-0.2, -0.15) is 0 Å². The number of pyridine rings is 1. The molecule has 0 amide bonds. The molecule has 2 N–H and O–H groups in total. The van der Waals surface area contributed by atoms with Gasteiger partial charge in [0.05, 0.1) is 17.8 Å². The monoisotopic (exact) mass is 297 g/mol. The fraction of sp³-hybridized carbons (Fsp3) is 0.615. The van der Waals surface area contributed by atoms with E-state index in [1.165, 1.54) is 6.20 Å². The van der Waals surface area contributed by atoms with Crippen molar-refractivity contribution in [1.82, 2.24) is 9.71 Å². The van der Waals surface area contributed by atoms with Crippen LogP contribution in [0.1, 0.15) is 19.3 Å². The van der Waals surface area contributed by atoms with Gasteiger partial charge < -0.3 is 10.1 Å². The molecular weight excluding hydrogens is 278 g/mol. The summed E-state index contributed by atoms with van der Waals surface area (Å²) >= 11 is 0. The van der Waals surface area contributed by atoms with Gasteiger partial charge in [0.1, 0.15) is 0 Å². The van der Waals surface area contributed by atoms with Crippen LogP contribution in [-0.4, -0.2) is 39.2 Å². The highest BCUT2D eigenvalue weighted by molar-refractivity contribution is 7.89. The number of ether oxygens (including phenoxy) is 1. The Bertz CT molecular complexity index is 586. The van der Waals surface area contributed by atoms with Crippen molar-refractivity contribution in [3.63, 3.8) is 0 Å². The summed E-state index contributed by atoms with van der Waals surface area (Å²) in [6, 6.07) is 3.26. The topological polar surface area (TPSA) is 80.3 Å². The van der Waals surface area contributed by atoms with Crippen molar-refractivity contribution >= 4 is 15.7 Å². The van der Waals surface area contributed by atoms with Crippen molar-refractivity contribution in [3.8, 4) is 0 Å². The van der Waals surface area contributed by atoms with E-state index in [-0.39, 0.29) is 17.2 Å². The van der Waals surface area contributed by atoms with Crippen LogP contribution in [0.15, 0.2) is 23.4 Å². The number of nitrogens with zero attached hydrogens (tertiary/aromatic N) is 1. The van der Waals surface area contributed by atoms with E-state index in [0.717, 1.165) is 19.3 Å². The molecule has 0 spiro atoms. The van der Waals surface area contributed by atoms with Gasteiger partial charge in [0.15, 0.2) is 5.03 Å². The Balaban J connectivity index is 1.81. The SMILES string of the molecule is CNc1cccnc1S(=O)(=O)NC1CCOC1C1CC1. The van der Waals surface area contributed by atoms with E-state index in [4.69, 9.17) is 4.74 Å². The third-order valence-electron chi connectivity index (χ3n) is 3.82. The molecule has 2 unspecified atom stereocenters. The van der Waals surface area contributed by atoms with E-state index in [1.807, 2.05) is 0 Å². The molecule has 110 valence electrons. The number of hydrogen-bond acceptors (Lipinski definition) is 5. The molecule has 1 aliphatic carbocycles. The van der Waals surface area contributed by atoms with Gasteiger partial charge in [0.25, 0.3) is 10.0 Å². The van der Waals surface area contributed by atoms with Crippen molar-refractivity contribution in [2.24, 2.45) is 5.92 Å². The summed E-state index contributed by atoms with van der Waals surface area (Å²) < 4.78 is 33.4. The summed E-state index contributed by atoms with van der Waals surface area (Å²) in [5.74, 6) is 0.512. The minimum absolute atomic E-state index is 0.0199. The van der Waals surface area contributed by atoms with Crippen LogP contribution in [0, 0.1) is 5.92 Å². The summed E-state index contributed by atoms with van der Waals surface area (Å²) in [6.45, 7) is 0.620. The Hall–Kier alpha value is -1.18. The lowest BCUT2D eigenvalue weighted by molar-refractivity contribution is 0.0848. The predicted molar refractivity (Wildman–Crippen MR) is 75.0 cm³/mol. The number of nitrogens with one attached hydrogen (secondary N) is 2. The highest BCUT2D eigenvalue weighted by Gasteiger charge is 2.42. The van der Waals surface area contributed by atoms with E-state index >= 15 is 0 Å². The van der Waals surface area contributed by atoms with E-state index < -0.39 is 10.0 Å². The van der Waals surface area contributed by atoms with Gasteiger partial charge in [-0.3, -0.25) is 0 Å². The zero-order chi connectivity index (χ0) is 14.2. The maximum Gasteiger partial charge on any atom is 0.260 e. The van der Waals surface area contributed by atoms with E-state index in [9.17, 15) is 8.42 Å². The zero-order valence-corrected chi connectivity index (χ0v) is 12.2. The second kappa shape index (κ2) is 5.31. The maximum atomic E-state index is 12.5.